The fraction of sp³-hybridized carbons (Fsp3) is 0.619. The fourth-order valence-corrected chi connectivity index (χ4v) is 4.32. The summed E-state index contributed by atoms with van der Waals surface area (Å²) in [6.07, 6.45) is 5.68. The molecule has 1 N–H and O–H groups in total. The second-order valence-corrected chi connectivity index (χ2v) is 7.75. The average molecular weight is 359 g/mol. The van der Waals surface area contributed by atoms with Gasteiger partial charge in [0.15, 0.2) is 0 Å². The van der Waals surface area contributed by atoms with Crippen LogP contribution in [0.15, 0.2) is 30.3 Å². The molecule has 0 spiro atoms. The lowest BCUT2D eigenvalue weighted by atomic mass is 9.73. The maximum absolute atomic E-state index is 12.5. The normalized spacial score (nSPS) is 25.7. The standard InChI is InChI=1S/C21H29NO4/c1-16-7-5-6-10-18(16)26-15-19(23)22-13-11-21(12-14-22,20(24)25)17-8-3-2-4-9-17/h2-4,8-9,16,18H,5-7,10-15H2,1H3,(H,24,25)/t16-,18-/m1/s1. The number of ether oxygens (including phenoxy) is 1. The van der Waals surface area contributed by atoms with Crippen molar-refractivity contribution in [2.75, 3.05) is 19.7 Å². The van der Waals surface area contributed by atoms with Gasteiger partial charge in [-0.15, -0.1) is 0 Å². The highest BCUT2D eigenvalue weighted by atomic mass is 16.5. The molecule has 1 aromatic carbocycles. The van der Waals surface area contributed by atoms with Gasteiger partial charge in [-0.1, -0.05) is 50.1 Å². The molecular weight excluding hydrogens is 330 g/mol. The van der Waals surface area contributed by atoms with E-state index in [-0.39, 0.29) is 18.6 Å². The Balaban J connectivity index is 1.56. The van der Waals surface area contributed by atoms with E-state index in [1.807, 2.05) is 30.3 Å². The summed E-state index contributed by atoms with van der Waals surface area (Å²) in [6, 6.07) is 9.38. The predicted octanol–water partition coefficient (Wildman–Crippen LogP) is 3.23. The highest BCUT2D eigenvalue weighted by molar-refractivity contribution is 5.83. The number of carboxylic acids is 1. The quantitative estimate of drug-likeness (QED) is 0.876. The molecule has 2 fully saturated rings. The third-order valence-corrected chi connectivity index (χ3v) is 6.16. The lowest BCUT2D eigenvalue weighted by Crippen LogP contribution is -2.50. The van der Waals surface area contributed by atoms with E-state index in [4.69, 9.17) is 4.74 Å². The van der Waals surface area contributed by atoms with E-state index in [0.717, 1.165) is 12.0 Å². The third-order valence-electron chi connectivity index (χ3n) is 6.16. The van der Waals surface area contributed by atoms with Gasteiger partial charge in [-0.05, 0) is 37.2 Å². The fourth-order valence-electron chi connectivity index (χ4n) is 4.32. The molecule has 1 saturated heterocycles. The molecular formula is C21H29NO4. The minimum atomic E-state index is -0.892. The monoisotopic (exact) mass is 359 g/mol. The summed E-state index contributed by atoms with van der Waals surface area (Å²) in [4.78, 5) is 26.3. The van der Waals surface area contributed by atoms with Gasteiger partial charge in [0.2, 0.25) is 5.91 Å². The summed E-state index contributed by atoms with van der Waals surface area (Å²) in [6.45, 7) is 3.23. The van der Waals surface area contributed by atoms with Gasteiger partial charge < -0.3 is 14.7 Å². The summed E-state index contributed by atoms with van der Waals surface area (Å²) < 4.78 is 5.89. The van der Waals surface area contributed by atoms with Crippen LogP contribution in [-0.2, 0) is 19.7 Å². The van der Waals surface area contributed by atoms with Crippen LogP contribution in [0.1, 0.15) is 51.0 Å². The Labute approximate surface area is 155 Å². The smallest absolute Gasteiger partial charge is 0.314 e. The van der Waals surface area contributed by atoms with Gasteiger partial charge in [-0.25, -0.2) is 0 Å². The number of hydrogen-bond donors (Lipinski definition) is 1. The molecule has 26 heavy (non-hydrogen) atoms. The predicted molar refractivity (Wildman–Crippen MR) is 98.9 cm³/mol. The molecule has 1 aromatic rings. The van der Waals surface area contributed by atoms with Crippen LogP contribution in [0.5, 0.6) is 0 Å². The molecule has 1 aliphatic heterocycles. The van der Waals surface area contributed by atoms with Crippen LogP contribution < -0.4 is 0 Å². The molecule has 1 amide bonds. The first kappa shape index (κ1) is 18.9. The van der Waals surface area contributed by atoms with E-state index in [9.17, 15) is 14.7 Å². The van der Waals surface area contributed by atoms with Gasteiger partial charge in [-0.2, -0.15) is 0 Å². The van der Waals surface area contributed by atoms with E-state index in [1.165, 1.54) is 19.3 Å². The van der Waals surface area contributed by atoms with E-state index >= 15 is 0 Å². The zero-order valence-electron chi connectivity index (χ0n) is 15.5. The lowest BCUT2D eigenvalue weighted by Gasteiger charge is -2.39. The van der Waals surface area contributed by atoms with Crippen molar-refractivity contribution < 1.29 is 19.4 Å². The van der Waals surface area contributed by atoms with Crippen molar-refractivity contribution >= 4 is 11.9 Å². The number of nitrogens with zero attached hydrogens (tertiary/aromatic N) is 1. The highest BCUT2D eigenvalue weighted by Crippen LogP contribution is 2.36. The van der Waals surface area contributed by atoms with Crippen molar-refractivity contribution in [2.45, 2.75) is 57.0 Å². The van der Waals surface area contributed by atoms with Crippen molar-refractivity contribution in [3.63, 3.8) is 0 Å². The van der Waals surface area contributed by atoms with Crippen LogP contribution in [-0.4, -0.2) is 47.7 Å². The number of amides is 1. The Morgan fingerprint density at radius 1 is 1.15 bits per heavy atom. The molecule has 2 aliphatic rings. The molecule has 0 aromatic heterocycles. The molecule has 1 heterocycles. The topological polar surface area (TPSA) is 66.8 Å². The number of carbonyl (C=O) groups is 2. The molecule has 3 rings (SSSR count). The van der Waals surface area contributed by atoms with E-state index < -0.39 is 11.4 Å². The number of carboxylic acid groups (broad SMARTS) is 1. The third kappa shape index (κ3) is 3.93. The van der Waals surface area contributed by atoms with E-state index in [2.05, 4.69) is 6.92 Å². The first-order chi connectivity index (χ1) is 12.5. The Hall–Kier alpha value is -1.88. The summed E-state index contributed by atoms with van der Waals surface area (Å²) in [5, 5.41) is 9.84. The molecule has 0 radical (unpaired) electrons. The number of hydrogen-bond acceptors (Lipinski definition) is 3. The highest BCUT2D eigenvalue weighted by Gasteiger charge is 2.43. The van der Waals surface area contributed by atoms with Crippen LogP contribution in [0.3, 0.4) is 0 Å². The van der Waals surface area contributed by atoms with Gasteiger partial charge in [0.25, 0.3) is 0 Å². The zero-order valence-corrected chi connectivity index (χ0v) is 15.5. The van der Waals surface area contributed by atoms with Crippen molar-refractivity contribution in [1.29, 1.82) is 0 Å². The summed E-state index contributed by atoms with van der Waals surface area (Å²) in [7, 11) is 0. The number of piperidine rings is 1. The largest absolute Gasteiger partial charge is 0.481 e. The van der Waals surface area contributed by atoms with Crippen LogP contribution in [0.2, 0.25) is 0 Å². The first-order valence-corrected chi connectivity index (χ1v) is 9.71. The molecule has 5 nitrogen and oxygen atoms in total. The molecule has 1 aliphatic carbocycles. The molecule has 0 unspecified atom stereocenters. The van der Waals surface area contributed by atoms with Crippen LogP contribution >= 0.6 is 0 Å². The Bertz CT molecular complexity index is 622. The van der Waals surface area contributed by atoms with Gasteiger partial charge in [-0.3, -0.25) is 9.59 Å². The van der Waals surface area contributed by atoms with Crippen molar-refractivity contribution in [2.24, 2.45) is 5.92 Å². The summed E-state index contributed by atoms with van der Waals surface area (Å²) >= 11 is 0. The van der Waals surface area contributed by atoms with Crippen LogP contribution in [0, 0.1) is 5.92 Å². The Morgan fingerprint density at radius 2 is 1.81 bits per heavy atom. The van der Waals surface area contributed by atoms with Crippen molar-refractivity contribution in [3.05, 3.63) is 35.9 Å². The average Bonchev–Trinajstić information content (AvgIpc) is 2.67. The second kappa shape index (κ2) is 8.21. The number of aliphatic carboxylic acids is 1. The molecule has 1 saturated carbocycles. The van der Waals surface area contributed by atoms with E-state index in [0.29, 0.717) is 31.8 Å². The SMILES string of the molecule is C[C@@H]1CCCC[C@H]1OCC(=O)N1CCC(C(=O)O)(c2ccccc2)CC1. The summed E-state index contributed by atoms with van der Waals surface area (Å²) in [5.74, 6) is -0.312. The molecule has 5 heteroatoms. The maximum atomic E-state index is 12.5. The van der Waals surface area contributed by atoms with Gasteiger partial charge in [0.1, 0.15) is 6.61 Å². The van der Waals surface area contributed by atoms with Crippen LogP contribution in [0.25, 0.3) is 0 Å². The Kier molecular flexibility index (Phi) is 5.97. The number of carbonyl (C=O) groups excluding carboxylic acids is 1. The number of benzene rings is 1. The van der Waals surface area contributed by atoms with Crippen molar-refractivity contribution in [1.82, 2.24) is 4.90 Å². The van der Waals surface area contributed by atoms with E-state index in [1.54, 1.807) is 4.90 Å². The minimum absolute atomic E-state index is 0.0187. The molecule has 0 bridgehead atoms. The second-order valence-electron chi connectivity index (χ2n) is 7.75. The maximum Gasteiger partial charge on any atom is 0.314 e. The summed E-state index contributed by atoms with van der Waals surface area (Å²) in [5.41, 5.74) is -0.0663. The molecule has 142 valence electrons. The number of rotatable bonds is 5. The molecule has 2 atom stereocenters. The van der Waals surface area contributed by atoms with Crippen molar-refractivity contribution in [3.8, 4) is 0 Å². The first-order valence-electron chi connectivity index (χ1n) is 9.71. The zero-order chi connectivity index (χ0) is 18.6. The van der Waals surface area contributed by atoms with Gasteiger partial charge in [0, 0.05) is 13.1 Å². The van der Waals surface area contributed by atoms with Crippen LogP contribution in [0.4, 0.5) is 0 Å². The lowest BCUT2D eigenvalue weighted by molar-refractivity contribution is -0.150. The number of likely N-dealkylation sites (tertiary alicyclic amines) is 1. The van der Waals surface area contributed by atoms with Gasteiger partial charge in [0.05, 0.1) is 11.5 Å². The van der Waals surface area contributed by atoms with Gasteiger partial charge >= 0.3 is 5.97 Å². The Morgan fingerprint density at radius 3 is 2.42 bits per heavy atom. The minimum Gasteiger partial charge on any atom is -0.481 e.